The van der Waals surface area contributed by atoms with Crippen LogP contribution in [-0.4, -0.2) is 70.3 Å². The molecule has 2 aromatic rings. The summed E-state index contributed by atoms with van der Waals surface area (Å²) in [5.74, 6) is -0.0861. The van der Waals surface area contributed by atoms with Gasteiger partial charge in [-0.05, 0) is 35.8 Å². The Balaban J connectivity index is 1.20. The monoisotopic (exact) mass is 474 g/mol. The number of fused-ring (bicyclic) bond motifs is 1. The lowest BCUT2D eigenvalue weighted by molar-refractivity contribution is -0.151. The third kappa shape index (κ3) is 4.40. The molecule has 0 saturated carbocycles. The van der Waals surface area contributed by atoms with Crippen LogP contribution in [0.25, 0.3) is 0 Å². The van der Waals surface area contributed by atoms with Crippen molar-refractivity contribution in [3.63, 3.8) is 0 Å². The van der Waals surface area contributed by atoms with Crippen LogP contribution in [0.2, 0.25) is 0 Å². The van der Waals surface area contributed by atoms with Gasteiger partial charge in [-0.2, -0.15) is 0 Å². The Kier molecular flexibility index (Phi) is 5.95. The highest BCUT2D eigenvalue weighted by Crippen LogP contribution is 2.41. The second-order valence-electron chi connectivity index (χ2n) is 9.29. The number of halogens is 2. The molecular formula is C24H28F2N4O2S. The van der Waals surface area contributed by atoms with Crippen LogP contribution in [-0.2, 0) is 11.3 Å². The predicted octanol–water partition coefficient (Wildman–Crippen LogP) is 3.85. The van der Waals surface area contributed by atoms with Crippen LogP contribution in [0.3, 0.4) is 0 Å². The number of hydrogen-bond acceptors (Lipinski definition) is 6. The van der Waals surface area contributed by atoms with Crippen molar-refractivity contribution in [1.29, 1.82) is 0 Å². The fourth-order valence-corrected chi connectivity index (χ4v) is 5.81. The summed E-state index contributed by atoms with van der Waals surface area (Å²) in [4.78, 5) is 22.5. The number of alkyl halides is 1. The first-order chi connectivity index (χ1) is 15.9. The molecule has 0 N–H and O–H groups in total. The molecule has 3 aliphatic rings. The van der Waals surface area contributed by atoms with E-state index in [1.165, 1.54) is 23.7 Å². The third-order valence-electron chi connectivity index (χ3n) is 7.20. The van der Waals surface area contributed by atoms with Gasteiger partial charge in [-0.25, -0.2) is 13.2 Å². The Morgan fingerprint density at radius 1 is 1.18 bits per heavy atom. The number of carbonyl (C=O) groups excluding carboxylic acids is 1. The Bertz CT molecular complexity index is 1040. The Hall–Kier alpha value is -2.39. The molecule has 0 unspecified atom stereocenters. The van der Waals surface area contributed by atoms with Gasteiger partial charge in [-0.1, -0.05) is 0 Å². The molecule has 1 aromatic carbocycles. The first-order valence-corrected chi connectivity index (χ1v) is 12.2. The minimum atomic E-state index is -1.80. The molecule has 3 aliphatic heterocycles. The maximum Gasteiger partial charge on any atom is 0.260 e. The average molecular weight is 475 g/mol. The fraction of sp³-hybridized carbons (Fsp3) is 0.542. The van der Waals surface area contributed by atoms with E-state index < -0.39 is 17.2 Å². The third-order valence-corrected chi connectivity index (χ3v) is 7.93. The number of benzene rings is 1. The molecule has 5 rings (SSSR count). The van der Waals surface area contributed by atoms with Crippen LogP contribution in [0.15, 0.2) is 35.5 Å². The van der Waals surface area contributed by atoms with Gasteiger partial charge in [0, 0.05) is 94.2 Å². The molecular weight excluding hydrogens is 446 g/mol. The highest BCUT2D eigenvalue weighted by atomic mass is 32.1. The van der Waals surface area contributed by atoms with Gasteiger partial charge in [0.15, 0.2) is 5.67 Å². The topological polar surface area (TPSA) is 58.0 Å². The zero-order chi connectivity index (χ0) is 23.1. The van der Waals surface area contributed by atoms with Crippen molar-refractivity contribution in [2.75, 3.05) is 33.2 Å². The van der Waals surface area contributed by atoms with E-state index in [-0.39, 0.29) is 18.7 Å². The number of amides is 1. The van der Waals surface area contributed by atoms with Crippen molar-refractivity contribution in [3.05, 3.63) is 46.7 Å². The van der Waals surface area contributed by atoms with Crippen LogP contribution >= 0.6 is 11.5 Å². The van der Waals surface area contributed by atoms with Gasteiger partial charge >= 0.3 is 0 Å². The first-order valence-electron chi connectivity index (χ1n) is 11.4. The van der Waals surface area contributed by atoms with Gasteiger partial charge < -0.3 is 9.64 Å². The predicted molar refractivity (Wildman–Crippen MR) is 123 cm³/mol. The Morgan fingerprint density at radius 2 is 1.94 bits per heavy atom. The van der Waals surface area contributed by atoms with Crippen LogP contribution in [0, 0.1) is 5.82 Å². The number of rotatable bonds is 3. The van der Waals surface area contributed by atoms with E-state index in [1.54, 1.807) is 24.2 Å². The second-order valence-corrected chi connectivity index (χ2v) is 10.2. The normalized spacial score (nSPS) is 23.4. The number of likely N-dealkylation sites (tertiary alicyclic amines) is 2. The van der Waals surface area contributed by atoms with Crippen LogP contribution in [0.5, 0.6) is 5.75 Å². The van der Waals surface area contributed by atoms with E-state index in [4.69, 9.17) is 4.74 Å². The lowest BCUT2D eigenvalue weighted by Gasteiger charge is -2.46. The molecule has 0 aliphatic carbocycles. The van der Waals surface area contributed by atoms with E-state index in [9.17, 15) is 9.18 Å². The second kappa shape index (κ2) is 8.76. The number of piperidine rings is 2. The molecule has 1 aromatic heterocycles. The quantitative estimate of drug-likeness (QED) is 0.678. The standard InChI is InChI=1S/C24H28F2N4O2S/c1-27-20-15-23(32-21-3-2-17(25)14-19(20)21)5-12-30(13-6-23)22(31)24(26)7-10-29(11-8-24)16-18-4-9-28-33-18/h2-4,9,14H,5-8,10-13,15-16H2,1H3. The minimum absolute atomic E-state index is 0.217. The van der Waals surface area contributed by atoms with Crippen LogP contribution in [0.1, 0.15) is 42.5 Å². The molecule has 2 saturated heterocycles. The van der Waals surface area contributed by atoms with Gasteiger partial charge in [-0.3, -0.25) is 14.7 Å². The number of nitrogens with zero attached hydrogens (tertiary/aromatic N) is 4. The van der Waals surface area contributed by atoms with Gasteiger partial charge in [0.2, 0.25) is 0 Å². The molecule has 0 atom stereocenters. The van der Waals surface area contributed by atoms with Crippen molar-refractivity contribution < 1.29 is 18.3 Å². The lowest BCUT2D eigenvalue weighted by Crippen LogP contribution is -2.57. The van der Waals surface area contributed by atoms with Gasteiger partial charge in [-0.15, -0.1) is 0 Å². The number of carbonyl (C=O) groups is 1. The number of aliphatic imine (C=N–C) groups is 1. The van der Waals surface area contributed by atoms with Crippen molar-refractivity contribution >= 4 is 23.2 Å². The van der Waals surface area contributed by atoms with E-state index in [0.29, 0.717) is 56.8 Å². The van der Waals surface area contributed by atoms with E-state index in [2.05, 4.69) is 14.3 Å². The molecule has 4 heterocycles. The van der Waals surface area contributed by atoms with Crippen molar-refractivity contribution in [3.8, 4) is 5.75 Å². The van der Waals surface area contributed by atoms with Crippen LogP contribution in [0.4, 0.5) is 8.78 Å². The molecule has 1 amide bonds. The van der Waals surface area contributed by atoms with Gasteiger partial charge in [0.25, 0.3) is 5.91 Å². The summed E-state index contributed by atoms with van der Waals surface area (Å²) in [5.41, 5.74) is -0.791. The van der Waals surface area contributed by atoms with Crippen molar-refractivity contribution in [2.24, 2.45) is 4.99 Å². The zero-order valence-electron chi connectivity index (χ0n) is 18.7. The Morgan fingerprint density at radius 3 is 2.61 bits per heavy atom. The summed E-state index contributed by atoms with van der Waals surface area (Å²) in [6, 6.07) is 6.47. The van der Waals surface area contributed by atoms with Gasteiger partial charge in [0.05, 0.1) is 0 Å². The van der Waals surface area contributed by atoms with Crippen molar-refractivity contribution in [2.45, 2.75) is 49.9 Å². The van der Waals surface area contributed by atoms with E-state index in [1.807, 2.05) is 6.07 Å². The maximum atomic E-state index is 15.7. The molecule has 1 spiro atoms. The summed E-state index contributed by atoms with van der Waals surface area (Å²) in [7, 11) is 1.70. The highest BCUT2D eigenvalue weighted by molar-refractivity contribution is 7.05. The highest BCUT2D eigenvalue weighted by Gasteiger charge is 2.48. The molecule has 33 heavy (non-hydrogen) atoms. The van der Waals surface area contributed by atoms with Gasteiger partial charge in [0.1, 0.15) is 17.2 Å². The summed E-state index contributed by atoms with van der Waals surface area (Å²) in [6.07, 6.45) is 3.97. The number of aromatic nitrogens is 1. The van der Waals surface area contributed by atoms with Crippen molar-refractivity contribution in [1.82, 2.24) is 14.2 Å². The SMILES string of the molecule is CN=C1CC2(CCN(C(=O)C3(F)CCN(Cc4ccns4)CC3)CC2)Oc2ccc(F)cc21. The summed E-state index contributed by atoms with van der Waals surface area (Å²) >= 11 is 1.45. The Labute approximate surface area is 196 Å². The molecule has 6 nitrogen and oxygen atoms in total. The molecule has 0 bridgehead atoms. The maximum absolute atomic E-state index is 15.7. The largest absolute Gasteiger partial charge is 0.486 e. The molecule has 176 valence electrons. The summed E-state index contributed by atoms with van der Waals surface area (Å²) < 4.78 is 39.8. The molecule has 2 fully saturated rings. The van der Waals surface area contributed by atoms with E-state index in [0.717, 1.165) is 17.1 Å². The van der Waals surface area contributed by atoms with Crippen LogP contribution < -0.4 is 4.74 Å². The molecule has 0 radical (unpaired) electrons. The average Bonchev–Trinajstić information content (AvgIpc) is 3.34. The minimum Gasteiger partial charge on any atom is -0.486 e. The smallest absolute Gasteiger partial charge is 0.260 e. The fourth-order valence-electron chi connectivity index (χ4n) is 5.19. The number of ether oxygens (including phenoxy) is 1. The zero-order valence-corrected chi connectivity index (χ0v) is 19.5. The summed E-state index contributed by atoms with van der Waals surface area (Å²) in [6.45, 7) is 2.77. The van der Waals surface area contributed by atoms with E-state index >= 15 is 4.39 Å². The number of hydrogen-bond donors (Lipinski definition) is 0. The first kappa shape index (κ1) is 22.4. The summed E-state index contributed by atoms with van der Waals surface area (Å²) in [5, 5.41) is 0. The molecule has 9 heteroatoms. The lowest BCUT2D eigenvalue weighted by atomic mass is 9.81.